The van der Waals surface area contributed by atoms with Gasteiger partial charge in [-0.1, -0.05) is 0 Å². The van der Waals surface area contributed by atoms with Crippen molar-refractivity contribution in [3.8, 4) is 10.6 Å². The molecular formula is C14H16N4O2S. The smallest absolute Gasteiger partial charge is 0.263 e. The second-order valence-electron chi connectivity index (χ2n) is 4.41. The van der Waals surface area contributed by atoms with E-state index in [1.54, 1.807) is 19.3 Å². The van der Waals surface area contributed by atoms with Crippen molar-refractivity contribution >= 4 is 23.2 Å². The molecule has 0 fully saturated rings. The lowest BCUT2D eigenvalue weighted by atomic mass is 10.3. The molecule has 2 N–H and O–H groups in total. The van der Waals surface area contributed by atoms with Crippen molar-refractivity contribution in [2.24, 2.45) is 0 Å². The van der Waals surface area contributed by atoms with Crippen molar-refractivity contribution in [3.63, 3.8) is 0 Å². The second-order valence-corrected chi connectivity index (χ2v) is 5.41. The molecule has 21 heavy (non-hydrogen) atoms. The first-order valence-electron chi connectivity index (χ1n) is 6.48. The quantitative estimate of drug-likeness (QED) is 0.817. The molecule has 0 atom stereocenters. The molecule has 0 radical (unpaired) electrons. The summed E-state index contributed by atoms with van der Waals surface area (Å²) in [5.41, 5.74) is 1.58. The fourth-order valence-corrected chi connectivity index (χ4v) is 2.69. The highest BCUT2D eigenvalue weighted by atomic mass is 32.1. The summed E-state index contributed by atoms with van der Waals surface area (Å²) < 4.78 is 0. The highest BCUT2D eigenvalue weighted by Gasteiger charge is 2.15. The van der Waals surface area contributed by atoms with E-state index in [2.05, 4.69) is 20.6 Å². The van der Waals surface area contributed by atoms with Gasteiger partial charge in [0.1, 0.15) is 9.88 Å². The summed E-state index contributed by atoms with van der Waals surface area (Å²) in [4.78, 5) is 31.9. The second kappa shape index (κ2) is 6.94. The van der Waals surface area contributed by atoms with Gasteiger partial charge >= 0.3 is 0 Å². The Kier molecular flexibility index (Phi) is 4.99. The molecule has 0 unspecified atom stereocenters. The molecule has 2 aromatic heterocycles. The number of hydrogen-bond donors (Lipinski definition) is 2. The number of carbonyl (C=O) groups is 2. The zero-order valence-corrected chi connectivity index (χ0v) is 12.7. The summed E-state index contributed by atoms with van der Waals surface area (Å²) in [7, 11) is 0. The van der Waals surface area contributed by atoms with Crippen LogP contribution in [0.3, 0.4) is 0 Å². The van der Waals surface area contributed by atoms with Crippen LogP contribution in [-0.4, -0.2) is 34.9 Å². The third-order valence-corrected chi connectivity index (χ3v) is 3.90. The lowest BCUT2D eigenvalue weighted by molar-refractivity contribution is -0.118. The van der Waals surface area contributed by atoms with Gasteiger partial charge in [0.2, 0.25) is 5.91 Å². The van der Waals surface area contributed by atoms with Gasteiger partial charge in [0.15, 0.2) is 0 Å². The molecule has 0 aliphatic rings. The summed E-state index contributed by atoms with van der Waals surface area (Å²) in [6, 6.07) is 3.74. The first-order valence-corrected chi connectivity index (χ1v) is 7.30. The van der Waals surface area contributed by atoms with Gasteiger partial charge in [-0.25, -0.2) is 4.98 Å². The summed E-state index contributed by atoms with van der Waals surface area (Å²) in [6.45, 7) is 4.04. The van der Waals surface area contributed by atoms with Gasteiger partial charge in [0, 0.05) is 38.0 Å². The standard InChI is InChI=1S/C14H16N4O2S/c1-9-12(13(20)17-7-6-16-10(2)19)21-14(18-9)11-4-3-5-15-8-11/h3-5,8H,6-7H2,1-2H3,(H,16,19)(H,17,20). The SMILES string of the molecule is CC(=O)NCCNC(=O)c1sc(-c2cccnc2)nc1C. The number of pyridine rings is 1. The molecule has 0 saturated heterocycles. The van der Waals surface area contributed by atoms with Gasteiger partial charge in [-0.05, 0) is 19.1 Å². The van der Waals surface area contributed by atoms with Crippen LogP contribution in [0.4, 0.5) is 0 Å². The minimum absolute atomic E-state index is 0.114. The Labute approximate surface area is 126 Å². The van der Waals surface area contributed by atoms with Gasteiger partial charge < -0.3 is 10.6 Å². The van der Waals surface area contributed by atoms with Crippen molar-refractivity contribution < 1.29 is 9.59 Å². The monoisotopic (exact) mass is 304 g/mol. The van der Waals surface area contributed by atoms with E-state index in [1.807, 2.05) is 12.1 Å². The Bertz CT molecular complexity index is 640. The molecule has 0 spiro atoms. The minimum atomic E-state index is -0.175. The molecule has 0 aromatic carbocycles. The predicted molar refractivity (Wildman–Crippen MR) is 81.1 cm³/mol. The summed E-state index contributed by atoms with van der Waals surface area (Å²) >= 11 is 1.33. The third-order valence-electron chi connectivity index (χ3n) is 2.70. The fourth-order valence-electron chi connectivity index (χ4n) is 1.71. The fraction of sp³-hybridized carbons (Fsp3) is 0.286. The van der Waals surface area contributed by atoms with Gasteiger partial charge in [0.05, 0.1) is 5.69 Å². The van der Waals surface area contributed by atoms with Crippen molar-refractivity contribution in [2.75, 3.05) is 13.1 Å². The minimum Gasteiger partial charge on any atom is -0.355 e. The molecule has 6 nitrogen and oxygen atoms in total. The average Bonchev–Trinajstić information content (AvgIpc) is 2.86. The Balaban J connectivity index is 2.02. The molecule has 2 amide bonds. The molecule has 0 bridgehead atoms. The Morgan fingerprint density at radius 2 is 2.05 bits per heavy atom. The molecule has 7 heteroatoms. The van der Waals surface area contributed by atoms with Crippen LogP contribution in [-0.2, 0) is 4.79 Å². The number of aryl methyl sites for hydroxylation is 1. The number of carbonyl (C=O) groups excluding carboxylic acids is 2. The summed E-state index contributed by atoms with van der Waals surface area (Å²) in [6.07, 6.45) is 3.41. The molecule has 0 aliphatic heterocycles. The van der Waals surface area contributed by atoms with Gasteiger partial charge in [0.25, 0.3) is 5.91 Å². The maximum atomic E-state index is 12.1. The number of amides is 2. The first kappa shape index (κ1) is 15.1. The van der Waals surface area contributed by atoms with Gasteiger partial charge in [-0.2, -0.15) is 0 Å². The number of nitrogens with one attached hydrogen (secondary N) is 2. The highest BCUT2D eigenvalue weighted by molar-refractivity contribution is 7.17. The van der Waals surface area contributed by atoms with Crippen molar-refractivity contribution in [1.82, 2.24) is 20.6 Å². The van der Waals surface area contributed by atoms with Crippen LogP contribution in [0, 0.1) is 6.92 Å². The third kappa shape index (κ3) is 4.09. The lowest BCUT2D eigenvalue weighted by Crippen LogP contribution is -2.33. The van der Waals surface area contributed by atoms with E-state index in [-0.39, 0.29) is 11.8 Å². The Morgan fingerprint density at radius 1 is 1.29 bits per heavy atom. The Morgan fingerprint density at radius 3 is 2.71 bits per heavy atom. The molecule has 2 rings (SSSR count). The summed E-state index contributed by atoms with van der Waals surface area (Å²) in [5, 5.41) is 6.16. The number of hydrogen-bond acceptors (Lipinski definition) is 5. The topological polar surface area (TPSA) is 84.0 Å². The first-order chi connectivity index (χ1) is 10.1. The highest BCUT2D eigenvalue weighted by Crippen LogP contribution is 2.27. The van der Waals surface area contributed by atoms with Crippen LogP contribution in [0.1, 0.15) is 22.3 Å². The van der Waals surface area contributed by atoms with E-state index in [1.165, 1.54) is 18.3 Å². The average molecular weight is 304 g/mol. The zero-order valence-electron chi connectivity index (χ0n) is 11.8. The normalized spacial score (nSPS) is 10.2. The van der Waals surface area contributed by atoms with Crippen LogP contribution >= 0.6 is 11.3 Å². The van der Waals surface area contributed by atoms with Crippen molar-refractivity contribution in [2.45, 2.75) is 13.8 Å². The van der Waals surface area contributed by atoms with E-state index in [4.69, 9.17) is 0 Å². The van der Waals surface area contributed by atoms with E-state index >= 15 is 0 Å². The number of rotatable bonds is 5. The van der Waals surface area contributed by atoms with Crippen molar-refractivity contribution in [1.29, 1.82) is 0 Å². The van der Waals surface area contributed by atoms with Gasteiger partial charge in [-0.15, -0.1) is 11.3 Å². The predicted octanol–water partition coefficient (Wildman–Crippen LogP) is 1.38. The van der Waals surface area contributed by atoms with E-state index in [0.29, 0.717) is 23.7 Å². The van der Waals surface area contributed by atoms with E-state index in [9.17, 15) is 9.59 Å². The van der Waals surface area contributed by atoms with Crippen LogP contribution in [0.2, 0.25) is 0 Å². The number of thiazole rings is 1. The largest absolute Gasteiger partial charge is 0.355 e. The number of nitrogens with zero attached hydrogens (tertiary/aromatic N) is 2. The molecule has 2 heterocycles. The molecule has 0 saturated carbocycles. The van der Waals surface area contributed by atoms with E-state index < -0.39 is 0 Å². The van der Waals surface area contributed by atoms with E-state index in [0.717, 1.165) is 10.6 Å². The lowest BCUT2D eigenvalue weighted by Gasteiger charge is -2.04. The maximum absolute atomic E-state index is 12.1. The van der Waals surface area contributed by atoms with Crippen LogP contribution in [0.25, 0.3) is 10.6 Å². The van der Waals surface area contributed by atoms with Crippen LogP contribution in [0.5, 0.6) is 0 Å². The van der Waals surface area contributed by atoms with Gasteiger partial charge in [-0.3, -0.25) is 14.6 Å². The molecular weight excluding hydrogens is 288 g/mol. The van der Waals surface area contributed by atoms with Crippen LogP contribution < -0.4 is 10.6 Å². The molecule has 110 valence electrons. The maximum Gasteiger partial charge on any atom is 0.263 e. The molecule has 2 aromatic rings. The Hall–Kier alpha value is -2.28. The number of aromatic nitrogens is 2. The molecule has 0 aliphatic carbocycles. The van der Waals surface area contributed by atoms with Crippen molar-refractivity contribution in [3.05, 3.63) is 35.1 Å². The summed E-state index contributed by atoms with van der Waals surface area (Å²) in [5.74, 6) is -0.289. The zero-order chi connectivity index (χ0) is 15.2. The van der Waals surface area contributed by atoms with Crippen LogP contribution in [0.15, 0.2) is 24.5 Å².